The fourth-order valence-corrected chi connectivity index (χ4v) is 2.21. The Bertz CT molecular complexity index is 395. The molecule has 1 heterocycles. The summed E-state index contributed by atoms with van der Waals surface area (Å²) in [6.07, 6.45) is 6.60. The summed E-state index contributed by atoms with van der Waals surface area (Å²) < 4.78 is 10.5. The van der Waals surface area contributed by atoms with Gasteiger partial charge in [-0.15, -0.1) is 0 Å². The molecule has 2 nitrogen and oxygen atoms in total. The summed E-state index contributed by atoms with van der Waals surface area (Å²) in [5.41, 5.74) is 1.11. The number of benzene rings is 1. The molecule has 1 aromatic carbocycles. The molecule has 0 aliphatic carbocycles. The van der Waals surface area contributed by atoms with Gasteiger partial charge in [-0.2, -0.15) is 0 Å². The summed E-state index contributed by atoms with van der Waals surface area (Å²) in [4.78, 5) is 0. The van der Waals surface area contributed by atoms with Gasteiger partial charge in [0.1, 0.15) is 5.75 Å². The van der Waals surface area contributed by atoms with Crippen molar-refractivity contribution in [2.45, 2.75) is 12.8 Å². The van der Waals surface area contributed by atoms with E-state index in [1.54, 1.807) is 7.11 Å². The van der Waals surface area contributed by atoms with Crippen LogP contribution in [0.4, 0.5) is 0 Å². The molecular formula is C14H17ClO2. The van der Waals surface area contributed by atoms with Crippen LogP contribution in [0.1, 0.15) is 18.4 Å². The van der Waals surface area contributed by atoms with Crippen molar-refractivity contribution < 1.29 is 9.47 Å². The van der Waals surface area contributed by atoms with Crippen LogP contribution in [0, 0.1) is 5.92 Å². The Morgan fingerprint density at radius 2 is 2.12 bits per heavy atom. The predicted molar refractivity (Wildman–Crippen MR) is 70.6 cm³/mol. The van der Waals surface area contributed by atoms with Crippen LogP contribution in [0.15, 0.2) is 24.3 Å². The summed E-state index contributed by atoms with van der Waals surface area (Å²) in [5, 5.41) is 0.654. The fraction of sp³-hybridized carbons (Fsp3) is 0.429. The minimum atomic E-state index is 0.629. The van der Waals surface area contributed by atoms with Crippen molar-refractivity contribution in [2.24, 2.45) is 5.92 Å². The van der Waals surface area contributed by atoms with E-state index in [1.807, 2.05) is 18.2 Å². The van der Waals surface area contributed by atoms with Gasteiger partial charge in [-0.05, 0) is 36.5 Å². The summed E-state index contributed by atoms with van der Waals surface area (Å²) in [6, 6.07) is 5.84. The predicted octanol–water partition coefficient (Wildman–Crippen LogP) is 3.79. The summed E-state index contributed by atoms with van der Waals surface area (Å²) in [7, 11) is 1.62. The molecule has 0 amide bonds. The average Bonchev–Trinajstić information content (AvgIpc) is 2.38. The van der Waals surface area contributed by atoms with Gasteiger partial charge in [-0.3, -0.25) is 0 Å². The van der Waals surface area contributed by atoms with Gasteiger partial charge >= 0.3 is 0 Å². The number of hydrogen-bond acceptors (Lipinski definition) is 2. The zero-order chi connectivity index (χ0) is 12.1. The van der Waals surface area contributed by atoms with E-state index in [9.17, 15) is 0 Å². The molecule has 1 saturated heterocycles. The first kappa shape index (κ1) is 12.5. The Balaban J connectivity index is 2.02. The zero-order valence-electron chi connectivity index (χ0n) is 9.99. The molecule has 1 aromatic rings. The van der Waals surface area contributed by atoms with Crippen molar-refractivity contribution in [3.63, 3.8) is 0 Å². The standard InChI is InChI=1S/C14H17ClO2/c1-16-14-5-4-12(10-13(14)15)3-2-11-6-8-17-9-7-11/h2-5,10-11H,6-9H2,1H3/b3-2+. The minimum absolute atomic E-state index is 0.629. The highest BCUT2D eigenvalue weighted by Crippen LogP contribution is 2.26. The van der Waals surface area contributed by atoms with Gasteiger partial charge in [0.25, 0.3) is 0 Å². The van der Waals surface area contributed by atoms with Gasteiger partial charge in [-0.1, -0.05) is 29.8 Å². The van der Waals surface area contributed by atoms with Crippen molar-refractivity contribution in [2.75, 3.05) is 20.3 Å². The van der Waals surface area contributed by atoms with E-state index in [4.69, 9.17) is 21.1 Å². The van der Waals surface area contributed by atoms with E-state index in [2.05, 4.69) is 12.2 Å². The molecule has 1 fully saturated rings. The Kier molecular flexibility index (Phi) is 4.46. The Morgan fingerprint density at radius 3 is 2.76 bits per heavy atom. The first-order valence-corrected chi connectivity index (χ1v) is 6.27. The molecule has 0 aromatic heterocycles. The smallest absolute Gasteiger partial charge is 0.137 e. The topological polar surface area (TPSA) is 18.5 Å². The van der Waals surface area contributed by atoms with Crippen LogP contribution < -0.4 is 4.74 Å². The van der Waals surface area contributed by atoms with Gasteiger partial charge in [0.2, 0.25) is 0 Å². The second kappa shape index (κ2) is 6.08. The highest BCUT2D eigenvalue weighted by molar-refractivity contribution is 6.32. The normalized spacial score (nSPS) is 17.5. The number of rotatable bonds is 3. The van der Waals surface area contributed by atoms with E-state index in [0.717, 1.165) is 37.4 Å². The molecule has 0 bridgehead atoms. The lowest BCUT2D eigenvalue weighted by Gasteiger charge is -2.18. The summed E-state index contributed by atoms with van der Waals surface area (Å²) in [6.45, 7) is 1.75. The molecule has 1 aliphatic rings. The van der Waals surface area contributed by atoms with Crippen molar-refractivity contribution >= 4 is 17.7 Å². The maximum atomic E-state index is 6.07. The van der Waals surface area contributed by atoms with Gasteiger partial charge in [0.05, 0.1) is 12.1 Å². The lowest BCUT2D eigenvalue weighted by molar-refractivity contribution is 0.0787. The van der Waals surface area contributed by atoms with Crippen LogP contribution in [0.2, 0.25) is 5.02 Å². The second-order valence-electron chi connectivity index (χ2n) is 4.20. The third-order valence-electron chi connectivity index (χ3n) is 3.00. The van der Waals surface area contributed by atoms with E-state index in [1.165, 1.54) is 0 Å². The highest BCUT2D eigenvalue weighted by atomic mass is 35.5. The van der Waals surface area contributed by atoms with Gasteiger partial charge in [-0.25, -0.2) is 0 Å². The zero-order valence-corrected chi connectivity index (χ0v) is 10.7. The van der Waals surface area contributed by atoms with Crippen LogP contribution >= 0.6 is 11.6 Å². The maximum Gasteiger partial charge on any atom is 0.137 e. The first-order chi connectivity index (χ1) is 8.29. The van der Waals surface area contributed by atoms with Crippen molar-refractivity contribution in [1.82, 2.24) is 0 Å². The SMILES string of the molecule is COc1ccc(/C=C/C2CCOCC2)cc1Cl. The molecule has 17 heavy (non-hydrogen) atoms. The van der Waals surface area contributed by atoms with Gasteiger partial charge in [0.15, 0.2) is 0 Å². The average molecular weight is 253 g/mol. The number of hydrogen-bond donors (Lipinski definition) is 0. The second-order valence-corrected chi connectivity index (χ2v) is 4.61. The summed E-state index contributed by atoms with van der Waals surface area (Å²) in [5.74, 6) is 1.35. The van der Waals surface area contributed by atoms with E-state index < -0.39 is 0 Å². The molecule has 3 heteroatoms. The van der Waals surface area contributed by atoms with Crippen molar-refractivity contribution in [3.8, 4) is 5.75 Å². The van der Waals surface area contributed by atoms with Gasteiger partial charge < -0.3 is 9.47 Å². The van der Waals surface area contributed by atoms with Gasteiger partial charge in [0, 0.05) is 13.2 Å². The van der Waals surface area contributed by atoms with E-state index in [0.29, 0.717) is 10.9 Å². The molecule has 0 atom stereocenters. The largest absolute Gasteiger partial charge is 0.495 e. The lowest BCUT2D eigenvalue weighted by Crippen LogP contribution is -2.13. The molecule has 92 valence electrons. The van der Waals surface area contributed by atoms with Crippen LogP contribution in [0.5, 0.6) is 5.75 Å². The first-order valence-electron chi connectivity index (χ1n) is 5.89. The number of halogens is 1. The number of allylic oxidation sites excluding steroid dienone is 1. The molecule has 1 aliphatic heterocycles. The fourth-order valence-electron chi connectivity index (χ4n) is 1.94. The molecule has 2 rings (SSSR count). The lowest BCUT2D eigenvalue weighted by atomic mass is 9.99. The monoisotopic (exact) mass is 252 g/mol. The molecule has 0 spiro atoms. The van der Waals surface area contributed by atoms with E-state index in [-0.39, 0.29) is 0 Å². The van der Waals surface area contributed by atoms with Crippen molar-refractivity contribution in [1.29, 1.82) is 0 Å². The van der Waals surface area contributed by atoms with Crippen LogP contribution in [-0.4, -0.2) is 20.3 Å². The maximum absolute atomic E-state index is 6.07. The quantitative estimate of drug-likeness (QED) is 0.815. The number of methoxy groups -OCH3 is 1. The third kappa shape index (κ3) is 3.48. The van der Waals surface area contributed by atoms with E-state index >= 15 is 0 Å². The van der Waals surface area contributed by atoms with Crippen LogP contribution in [0.25, 0.3) is 6.08 Å². The molecule has 0 N–H and O–H groups in total. The number of ether oxygens (including phenoxy) is 2. The Morgan fingerprint density at radius 1 is 1.35 bits per heavy atom. The minimum Gasteiger partial charge on any atom is -0.495 e. The van der Waals surface area contributed by atoms with Crippen LogP contribution in [0.3, 0.4) is 0 Å². The molecule has 0 radical (unpaired) electrons. The van der Waals surface area contributed by atoms with Crippen LogP contribution in [-0.2, 0) is 4.74 Å². The Labute approximate surface area is 107 Å². The summed E-state index contributed by atoms with van der Waals surface area (Å²) >= 11 is 6.07. The van der Waals surface area contributed by atoms with Crippen molar-refractivity contribution in [3.05, 3.63) is 34.9 Å². The molecule has 0 unspecified atom stereocenters. The highest BCUT2D eigenvalue weighted by Gasteiger charge is 2.10. The molecular weight excluding hydrogens is 236 g/mol. The Hall–Kier alpha value is -0.990. The molecule has 0 saturated carbocycles. The third-order valence-corrected chi connectivity index (χ3v) is 3.30.